The van der Waals surface area contributed by atoms with Gasteiger partial charge in [-0.15, -0.1) is 0 Å². The number of nitrogens with zero attached hydrogens (tertiary/aromatic N) is 3. The van der Waals surface area contributed by atoms with E-state index in [1.54, 1.807) is 16.9 Å². The first kappa shape index (κ1) is 13.2. The van der Waals surface area contributed by atoms with Gasteiger partial charge in [0.15, 0.2) is 11.6 Å². The van der Waals surface area contributed by atoms with Gasteiger partial charge in [-0.25, -0.2) is 4.39 Å². The lowest BCUT2D eigenvalue weighted by molar-refractivity contribution is 0.387. The molecule has 6 heteroatoms. The molecule has 0 spiro atoms. The lowest BCUT2D eigenvalue weighted by Gasteiger charge is -2.21. The third kappa shape index (κ3) is 2.78. The van der Waals surface area contributed by atoms with Crippen LogP contribution in [-0.4, -0.2) is 23.9 Å². The fourth-order valence-corrected chi connectivity index (χ4v) is 1.96. The van der Waals surface area contributed by atoms with Crippen LogP contribution >= 0.6 is 0 Å². The van der Waals surface area contributed by atoms with Gasteiger partial charge in [-0.1, -0.05) is 0 Å². The predicted molar refractivity (Wildman–Crippen MR) is 72.7 cm³/mol. The number of aromatic nitrogens is 2. The lowest BCUT2D eigenvalue weighted by atomic mass is 10.2. The standard InChI is InChI=1S/C13H17FN4O/c1-17(7-9-6-16-18(2)8-9)12-5-13(19-3)10(14)4-11(12)15/h4-6,8H,7,15H2,1-3H3. The van der Waals surface area contributed by atoms with Crippen molar-refractivity contribution in [2.24, 2.45) is 7.05 Å². The first-order valence-corrected chi connectivity index (χ1v) is 5.83. The summed E-state index contributed by atoms with van der Waals surface area (Å²) >= 11 is 0. The van der Waals surface area contributed by atoms with Crippen molar-refractivity contribution < 1.29 is 9.13 Å². The van der Waals surface area contributed by atoms with Crippen molar-refractivity contribution in [1.29, 1.82) is 0 Å². The van der Waals surface area contributed by atoms with E-state index in [1.807, 2.05) is 25.2 Å². The second-order valence-corrected chi connectivity index (χ2v) is 4.42. The minimum Gasteiger partial charge on any atom is -0.494 e. The lowest BCUT2D eigenvalue weighted by Crippen LogP contribution is -2.17. The zero-order chi connectivity index (χ0) is 14.0. The Morgan fingerprint density at radius 1 is 1.47 bits per heavy atom. The minimum absolute atomic E-state index is 0.183. The van der Waals surface area contributed by atoms with Crippen LogP contribution < -0.4 is 15.4 Å². The van der Waals surface area contributed by atoms with Crippen LogP contribution in [0.25, 0.3) is 0 Å². The van der Waals surface area contributed by atoms with Gasteiger partial charge in [-0.2, -0.15) is 5.10 Å². The van der Waals surface area contributed by atoms with E-state index in [4.69, 9.17) is 10.5 Å². The maximum Gasteiger partial charge on any atom is 0.167 e. The highest BCUT2D eigenvalue weighted by atomic mass is 19.1. The van der Waals surface area contributed by atoms with Crippen LogP contribution in [0.1, 0.15) is 5.56 Å². The fraction of sp³-hybridized carbons (Fsp3) is 0.308. The SMILES string of the molecule is COc1cc(N(C)Cc2cnn(C)c2)c(N)cc1F. The van der Waals surface area contributed by atoms with E-state index in [9.17, 15) is 4.39 Å². The van der Waals surface area contributed by atoms with E-state index >= 15 is 0 Å². The van der Waals surface area contributed by atoms with Crippen molar-refractivity contribution in [3.63, 3.8) is 0 Å². The zero-order valence-electron chi connectivity index (χ0n) is 11.2. The molecule has 5 nitrogen and oxygen atoms in total. The Morgan fingerprint density at radius 2 is 2.21 bits per heavy atom. The molecule has 0 unspecified atom stereocenters. The molecule has 0 atom stereocenters. The predicted octanol–water partition coefficient (Wildman–Crippen LogP) is 1.79. The molecule has 0 amide bonds. The summed E-state index contributed by atoms with van der Waals surface area (Å²) in [4.78, 5) is 1.92. The van der Waals surface area contributed by atoms with Crippen LogP contribution in [0.15, 0.2) is 24.5 Å². The number of methoxy groups -OCH3 is 1. The number of hydrogen-bond donors (Lipinski definition) is 1. The van der Waals surface area contributed by atoms with Crippen molar-refractivity contribution in [3.8, 4) is 5.75 Å². The smallest absolute Gasteiger partial charge is 0.167 e. The average Bonchev–Trinajstić information content (AvgIpc) is 2.74. The highest BCUT2D eigenvalue weighted by molar-refractivity contribution is 5.69. The summed E-state index contributed by atoms with van der Waals surface area (Å²) in [5.41, 5.74) is 8.00. The Bertz CT molecular complexity index is 582. The van der Waals surface area contributed by atoms with Gasteiger partial charge < -0.3 is 15.4 Å². The molecule has 0 fully saturated rings. The van der Waals surface area contributed by atoms with Gasteiger partial charge in [0, 0.05) is 44.5 Å². The summed E-state index contributed by atoms with van der Waals surface area (Å²) in [6.07, 6.45) is 3.71. The first-order valence-electron chi connectivity index (χ1n) is 5.83. The Hall–Kier alpha value is -2.24. The van der Waals surface area contributed by atoms with Crippen LogP contribution in [0.4, 0.5) is 15.8 Å². The van der Waals surface area contributed by atoms with Gasteiger partial charge >= 0.3 is 0 Å². The molecular weight excluding hydrogens is 247 g/mol. The molecule has 1 heterocycles. The third-order valence-electron chi connectivity index (χ3n) is 2.89. The highest BCUT2D eigenvalue weighted by Gasteiger charge is 2.12. The number of aryl methyl sites for hydroxylation is 1. The van der Waals surface area contributed by atoms with Crippen molar-refractivity contribution in [1.82, 2.24) is 9.78 Å². The number of nitrogens with two attached hydrogens (primary N) is 1. The third-order valence-corrected chi connectivity index (χ3v) is 2.89. The largest absolute Gasteiger partial charge is 0.494 e. The summed E-state index contributed by atoms with van der Waals surface area (Å²) in [6.45, 7) is 0.632. The maximum atomic E-state index is 13.5. The van der Waals surface area contributed by atoms with Gasteiger partial charge in [-0.3, -0.25) is 4.68 Å². The molecule has 102 valence electrons. The van der Waals surface area contributed by atoms with Gasteiger partial charge in [0.05, 0.1) is 24.7 Å². The summed E-state index contributed by atoms with van der Waals surface area (Å²) in [6, 6.07) is 2.87. The molecule has 2 rings (SSSR count). The summed E-state index contributed by atoms with van der Waals surface area (Å²) in [7, 11) is 5.17. The van der Waals surface area contributed by atoms with E-state index in [2.05, 4.69) is 5.10 Å². The normalized spacial score (nSPS) is 10.5. The number of ether oxygens (including phenoxy) is 1. The second kappa shape index (κ2) is 5.17. The van der Waals surface area contributed by atoms with Crippen molar-refractivity contribution in [3.05, 3.63) is 35.9 Å². The van der Waals surface area contributed by atoms with E-state index in [0.717, 1.165) is 11.3 Å². The Labute approximate surface area is 111 Å². The fourth-order valence-electron chi connectivity index (χ4n) is 1.96. The number of halogens is 1. The molecule has 2 aromatic rings. The maximum absolute atomic E-state index is 13.5. The topological polar surface area (TPSA) is 56.3 Å². The minimum atomic E-state index is -0.460. The number of rotatable bonds is 4. The quantitative estimate of drug-likeness (QED) is 0.855. The van der Waals surface area contributed by atoms with E-state index in [-0.39, 0.29) is 5.75 Å². The molecule has 1 aromatic heterocycles. The van der Waals surface area contributed by atoms with Gasteiger partial charge in [-0.05, 0) is 0 Å². The molecule has 0 aliphatic rings. The highest BCUT2D eigenvalue weighted by Crippen LogP contribution is 2.30. The second-order valence-electron chi connectivity index (χ2n) is 4.42. The van der Waals surface area contributed by atoms with Gasteiger partial charge in [0.2, 0.25) is 0 Å². The Kier molecular flexibility index (Phi) is 3.59. The molecule has 0 aliphatic heterocycles. The van der Waals surface area contributed by atoms with Crippen molar-refractivity contribution in [2.45, 2.75) is 6.54 Å². The molecule has 0 radical (unpaired) electrons. The molecule has 0 bridgehead atoms. The van der Waals surface area contributed by atoms with Crippen LogP contribution in [0.3, 0.4) is 0 Å². The van der Waals surface area contributed by atoms with Crippen LogP contribution in [0, 0.1) is 5.82 Å². The van der Waals surface area contributed by atoms with Crippen molar-refractivity contribution >= 4 is 11.4 Å². The van der Waals surface area contributed by atoms with Crippen molar-refractivity contribution in [2.75, 3.05) is 24.8 Å². The van der Waals surface area contributed by atoms with E-state index in [1.165, 1.54) is 13.2 Å². The molecule has 1 aromatic carbocycles. The number of anilines is 2. The summed E-state index contributed by atoms with van der Waals surface area (Å²) in [5.74, 6) is -0.277. The molecule has 19 heavy (non-hydrogen) atoms. The van der Waals surface area contributed by atoms with Crippen LogP contribution in [-0.2, 0) is 13.6 Å². The number of nitrogen functional groups attached to an aromatic ring is 1. The number of benzene rings is 1. The van der Waals surface area contributed by atoms with Crippen LogP contribution in [0.2, 0.25) is 0 Å². The molecule has 0 aliphatic carbocycles. The average molecular weight is 264 g/mol. The Morgan fingerprint density at radius 3 is 2.79 bits per heavy atom. The summed E-state index contributed by atoms with van der Waals surface area (Å²) in [5, 5.41) is 4.11. The monoisotopic (exact) mass is 264 g/mol. The Balaban J connectivity index is 2.25. The van der Waals surface area contributed by atoms with Crippen LogP contribution in [0.5, 0.6) is 5.75 Å². The zero-order valence-corrected chi connectivity index (χ0v) is 11.2. The molecule has 0 saturated carbocycles. The van der Waals surface area contributed by atoms with Gasteiger partial charge in [0.1, 0.15) is 0 Å². The molecule has 2 N–H and O–H groups in total. The summed E-state index contributed by atoms with van der Waals surface area (Å²) < 4.78 is 20.2. The molecule has 0 saturated heterocycles. The number of hydrogen-bond acceptors (Lipinski definition) is 4. The molecular formula is C13H17FN4O. The first-order chi connectivity index (χ1) is 9.01. The van der Waals surface area contributed by atoms with Gasteiger partial charge in [0.25, 0.3) is 0 Å². The van der Waals surface area contributed by atoms with E-state index in [0.29, 0.717) is 12.2 Å². The van der Waals surface area contributed by atoms with E-state index < -0.39 is 5.82 Å².